The fraction of sp³-hybridized carbons (Fsp3) is 0.381. The summed E-state index contributed by atoms with van der Waals surface area (Å²) < 4.78 is 52.5. The Hall–Kier alpha value is -2.47. The van der Waals surface area contributed by atoms with Crippen molar-refractivity contribution in [2.45, 2.75) is 30.6 Å². The molecule has 2 aromatic rings. The van der Waals surface area contributed by atoms with Gasteiger partial charge >= 0.3 is 0 Å². The fourth-order valence-corrected chi connectivity index (χ4v) is 5.40. The van der Waals surface area contributed by atoms with Gasteiger partial charge in [-0.2, -0.15) is 4.31 Å². The van der Waals surface area contributed by atoms with E-state index in [1.165, 1.54) is 42.7 Å². The molecule has 11 heteroatoms. The van der Waals surface area contributed by atoms with Crippen LogP contribution < -0.4 is 10.6 Å². The highest BCUT2D eigenvalue weighted by atomic mass is 32.2. The third kappa shape index (κ3) is 5.85. The van der Waals surface area contributed by atoms with Crippen molar-refractivity contribution in [3.05, 3.63) is 48.0 Å². The molecule has 2 rings (SSSR count). The second-order valence-electron chi connectivity index (χ2n) is 7.28. The lowest BCUT2D eigenvalue weighted by molar-refractivity contribution is -0.114. The molecule has 2 aromatic carbocycles. The van der Waals surface area contributed by atoms with E-state index in [1.807, 2.05) is 0 Å². The molecule has 32 heavy (non-hydrogen) atoms. The van der Waals surface area contributed by atoms with Crippen molar-refractivity contribution in [1.29, 1.82) is 0 Å². The Morgan fingerprint density at radius 2 is 1.53 bits per heavy atom. The molecule has 0 unspecified atom stereocenters. The first kappa shape index (κ1) is 25.8. The number of benzene rings is 2. The molecule has 0 fully saturated rings. The minimum Gasteiger partial charge on any atom is -0.376 e. The van der Waals surface area contributed by atoms with Gasteiger partial charge in [-0.1, -0.05) is 26.0 Å². The van der Waals surface area contributed by atoms with E-state index >= 15 is 0 Å². The van der Waals surface area contributed by atoms with E-state index in [2.05, 4.69) is 10.6 Å². The molecule has 0 spiro atoms. The van der Waals surface area contributed by atoms with Crippen molar-refractivity contribution in [2.75, 3.05) is 44.4 Å². The Morgan fingerprint density at radius 3 is 2.12 bits per heavy atom. The van der Waals surface area contributed by atoms with Gasteiger partial charge in [0, 0.05) is 38.6 Å². The summed E-state index contributed by atoms with van der Waals surface area (Å²) in [7, 11) is -4.37. The minimum absolute atomic E-state index is 0.0747. The predicted octanol–water partition coefficient (Wildman–Crippen LogP) is 2.33. The van der Waals surface area contributed by atoms with Gasteiger partial charge < -0.3 is 10.6 Å². The van der Waals surface area contributed by atoms with Crippen molar-refractivity contribution in [3.63, 3.8) is 0 Å². The van der Waals surface area contributed by atoms with Gasteiger partial charge in [-0.3, -0.25) is 4.79 Å². The first-order chi connectivity index (χ1) is 14.9. The summed E-state index contributed by atoms with van der Waals surface area (Å²) in [5, 5.41) is 5.62. The van der Waals surface area contributed by atoms with Crippen LogP contribution >= 0.6 is 0 Å². The molecule has 2 N–H and O–H groups in total. The topological polar surface area (TPSA) is 116 Å². The van der Waals surface area contributed by atoms with E-state index < -0.39 is 26.0 Å². The Balaban J connectivity index is 2.13. The predicted molar refractivity (Wildman–Crippen MR) is 126 cm³/mol. The molecule has 0 bridgehead atoms. The fourth-order valence-electron chi connectivity index (χ4n) is 2.96. The highest BCUT2D eigenvalue weighted by Crippen LogP contribution is 2.22. The number of hydrogen-bond acceptors (Lipinski definition) is 6. The van der Waals surface area contributed by atoms with Crippen molar-refractivity contribution < 1.29 is 21.6 Å². The monoisotopic (exact) mass is 482 g/mol. The molecule has 0 aliphatic rings. The molecule has 0 aromatic heterocycles. The Bertz CT molecular complexity index is 1170. The van der Waals surface area contributed by atoms with Crippen LogP contribution in [-0.2, 0) is 24.8 Å². The molecule has 0 radical (unpaired) electrons. The summed E-state index contributed by atoms with van der Waals surface area (Å²) in [6, 6.07) is 10.8. The molecule has 1 amide bonds. The van der Waals surface area contributed by atoms with Gasteiger partial charge in [0.2, 0.25) is 26.0 Å². The largest absolute Gasteiger partial charge is 0.376 e. The lowest BCUT2D eigenvalue weighted by Gasteiger charge is -2.19. The van der Waals surface area contributed by atoms with Crippen LogP contribution in [0.5, 0.6) is 0 Å². The maximum Gasteiger partial charge on any atom is 0.243 e. The summed E-state index contributed by atoms with van der Waals surface area (Å²) in [5.41, 5.74) is 1.58. The van der Waals surface area contributed by atoms with Crippen LogP contribution in [0.25, 0.3) is 0 Å². The number of anilines is 2. The van der Waals surface area contributed by atoms with Gasteiger partial charge in [0.25, 0.3) is 0 Å². The van der Waals surface area contributed by atoms with E-state index in [0.717, 1.165) is 4.31 Å². The number of carbonyl (C=O) groups excluding carboxylic acids is 1. The zero-order valence-electron chi connectivity index (χ0n) is 18.9. The van der Waals surface area contributed by atoms with Gasteiger partial charge in [-0.25, -0.2) is 21.1 Å². The molecule has 0 saturated carbocycles. The van der Waals surface area contributed by atoms with Crippen LogP contribution in [0, 0.1) is 6.92 Å². The SMILES string of the molecule is CCN(CC)S(=O)(=O)c1cccc(NCC(=O)Nc2cc(S(=O)(=O)N(C)C)ccc2C)c1. The normalized spacial score (nSPS) is 12.2. The van der Waals surface area contributed by atoms with Crippen LogP contribution in [0.2, 0.25) is 0 Å². The van der Waals surface area contributed by atoms with E-state index in [1.54, 1.807) is 39.0 Å². The molecule has 176 valence electrons. The van der Waals surface area contributed by atoms with E-state index in [9.17, 15) is 21.6 Å². The summed E-state index contributed by atoms with van der Waals surface area (Å²) in [4.78, 5) is 12.7. The number of nitrogens with zero attached hydrogens (tertiary/aromatic N) is 2. The number of sulfonamides is 2. The maximum absolute atomic E-state index is 12.7. The van der Waals surface area contributed by atoms with E-state index in [0.29, 0.717) is 30.0 Å². The summed E-state index contributed by atoms with van der Waals surface area (Å²) in [5.74, 6) is -0.399. The molecule has 9 nitrogen and oxygen atoms in total. The molecular formula is C21H30N4O5S2. The molecule has 0 aliphatic heterocycles. The average molecular weight is 483 g/mol. The second kappa shape index (κ2) is 10.4. The van der Waals surface area contributed by atoms with Crippen molar-refractivity contribution in [2.24, 2.45) is 0 Å². The minimum atomic E-state index is -3.63. The van der Waals surface area contributed by atoms with Crippen LogP contribution in [0.1, 0.15) is 19.4 Å². The average Bonchev–Trinajstić information content (AvgIpc) is 2.74. The lowest BCUT2D eigenvalue weighted by atomic mass is 10.2. The van der Waals surface area contributed by atoms with Gasteiger partial charge in [0.15, 0.2) is 0 Å². The molecule has 0 atom stereocenters. The third-order valence-corrected chi connectivity index (χ3v) is 8.75. The number of carbonyl (C=O) groups is 1. The highest BCUT2D eigenvalue weighted by Gasteiger charge is 2.22. The number of nitrogens with one attached hydrogen (secondary N) is 2. The molecular weight excluding hydrogens is 452 g/mol. The summed E-state index contributed by atoms with van der Waals surface area (Å²) >= 11 is 0. The van der Waals surface area contributed by atoms with Crippen LogP contribution in [0.3, 0.4) is 0 Å². The number of amides is 1. The van der Waals surface area contributed by atoms with Crippen LogP contribution in [0.15, 0.2) is 52.3 Å². The maximum atomic E-state index is 12.7. The lowest BCUT2D eigenvalue weighted by Crippen LogP contribution is -2.30. The second-order valence-corrected chi connectivity index (χ2v) is 11.4. The number of hydrogen-bond donors (Lipinski definition) is 2. The van der Waals surface area contributed by atoms with E-state index in [-0.39, 0.29) is 16.3 Å². The van der Waals surface area contributed by atoms with Crippen molar-refractivity contribution >= 4 is 37.3 Å². The number of rotatable bonds is 10. The van der Waals surface area contributed by atoms with Gasteiger partial charge in [-0.05, 0) is 42.8 Å². The number of aryl methyl sites for hydroxylation is 1. The van der Waals surface area contributed by atoms with Crippen molar-refractivity contribution in [1.82, 2.24) is 8.61 Å². The third-order valence-electron chi connectivity index (χ3n) is 4.89. The first-order valence-electron chi connectivity index (χ1n) is 10.1. The van der Waals surface area contributed by atoms with Gasteiger partial charge in [0.1, 0.15) is 0 Å². The Morgan fingerprint density at radius 1 is 0.906 bits per heavy atom. The standard InChI is InChI=1S/C21H30N4O5S2/c1-6-25(7-2)32(29,30)18-10-8-9-17(13-18)22-15-21(26)23-20-14-19(12-11-16(20)3)31(27,28)24(4)5/h8-14,22H,6-7,15H2,1-5H3,(H,23,26). The van der Waals surface area contributed by atoms with Crippen molar-refractivity contribution in [3.8, 4) is 0 Å². The van der Waals surface area contributed by atoms with Gasteiger partial charge in [0.05, 0.1) is 16.3 Å². The molecule has 0 saturated heterocycles. The zero-order valence-corrected chi connectivity index (χ0v) is 20.5. The van der Waals surface area contributed by atoms with Gasteiger partial charge in [-0.15, -0.1) is 0 Å². The van der Waals surface area contributed by atoms with Crippen LogP contribution in [-0.4, -0.2) is 65.1 Å². The Labute approximate surface area is 190 Å². The quantitative estimate of drug-likeness (QED) is 0.537. The highest BCUT2D eigenvalue weighted by molar-refractivity contribution is 7.89. The molecule has 0 heterocycles. The summed E-state index contributed by atoms with van der Waals surface area (Å²) in [6.07, 6.45) is 0. The molecule has 0 aliphatic carbocycles. The first-order valence-corrected chi connectivity index (χ1v) is 13.0. The van der Waals surface area contributed by atoms with E-state index in [4.69, 9.17) is 0 Å². The summed E-state index contributed by atoms with van der Waals surface area (Å²) in [6.45, 7) is 5.90. The zero-order chi connectivity index (χ0) is 24.1. The van der Waals surface area contributed by atoms with Crippen LogP contribution in [0.4, 0.5) is 11.4 Å². The Kier molecular flexibility index (Phi) is 8.41. The smallest absolute Gasteiger partial charge is 0.243 e.